The van der Waals surface area contributed by atoms with Crippen LogP contribution in [0.3, 0.4) is 0 Å². The van der Waals surface area contributed by atoms with Crippen LogP contribution in [-0.2, 0) is 16.1 Å². The molecule has 0 saturated carbocycles. The molecule has 3 aromatic rings. The van der Waals surface area contributed by atoms with Crippen molar-refractivity contribution in [1.29, 1.82) is 0 Å². The number of amides is 1. The Morgan fingerprint density at radius 3 is 2.35 bits per heavy atom. The minimum Gasteiger partial charge on any atom is -0.497 e. The lowest BCUT2D eigenvalue weighted by atomic mass is 9.94. The number of piperidine rings is 1. The highest BCUT2D eigenvalue weighted by atomic mass is 19.4. The maximum absolute atomic E-state index is 13.5. The first-order valence-electron chi connectivity index (χ1n) is 11.8. The van der Waals surface area contributed by atoms with E-state index in [9.17, 15) is 22.4 Å². The molecule has 1 saturated heterocycles. The average Bonchev–Trinajstić information content (AvgIpc) is 3.39. The topological polar surface area (TPSA) is 65.8 Å². The molecule has 4 rings (SSSR count). The fourth-order valence-electron chi connectivity index (χ4n) is 4.05. The van der Waals surface area contributed by atoms with Gasteiger partial charge in [0.1, 0.15) is 11.6 Å². The van der Waals surface area contributed by atoms with E-state index in [1.807, 2.05) is 6.07 Å². The number of ether oxygens (including phenoxy) is 3. The van der Waals surface area contributed by atoms with Crippen molar-refractivity contribution in [3.63, 3.8) is 0 Å². The molecule has 2 heterocycles. The molecule has 1 atom stereocenters. The number of likely N-dealkylation sites (tertiary alicyclic amines) is 1. The van der Waals surface area contributed by atoms with E-state index in [-0.39, 0.29) is 31.4 Å². The lowest BCUT2D eigenvalue weighted by Crippen LogP contribution is -2.44. The van der Waals surface area contributed by atoms with Crippen LogP contribution in [0, 0.1) is 5.82 Å². The van der Waals surface area contributed by atoms with Gasteiger partial charge in [-0.2, -0.15) is 18.3 Å². The molecular formula is C26H27F4N3O4. The molecule has 1 aliphatic heterocycles. The summed E-state index contributed by atoms with van der Waals surface area (Å²) in [6.07, 6.45) is -5.34. The van der Waals surface area contributed by atoms with Gasteiger partial charge >= 0.3 is 12.3 Å². The summed E-state index contributed by atoms with van der Waals surface area (Å²) in [6.45, 7) is -0.392. The first-order valence-corrected chi connectivity index (χ1v) is 11.8. The predicted octanol–water partition coefficient (Wildman–Crippen LogP) is 5.48. The molecule has 1 fully saturated rings. The van der Waals surface area contributed by atoms with Gasteiger partial charge in [0.05, 0.1) is 31.7 Å². The number of carbonyl (C=O) groups is 1. The van der Waals surface area contributed by atoms with Crippen LogP contribution < -0.4 is 4.74 Å². The lowest BCUT2D eigenvalue weighted by molar-refractivity contribution is -0.220. The van der Waals surface area contributed by atoms with Crippen molar-refractivity contribution >= 4 is 6.09 Å². The monoisotopic (exact) mass is 521 g/mol. The maximum atomic E-state index is 13.5. The zero-order valence-corrected chi connectivity index (χ0v) is 20.2. The summed E-state index contributed by atoms with van der Waals surface area (Å²) in [5.41, 5.74) is 2.18. The molecule has 0 radical (unpaired) electrons. The number of halogens is 4. The molecule has 2 aromatic carbocycles. The van der Waals surface area contributed by atoms with Crippen molar-refractivity contribution < 1.29 is 36.6 Å². The highest BCUT2D eigenvalue weighted by Crippen LogP contribution is 2.29. The molecule has 0 spiro atoms. The molecule has 11 heteroatoms. The number of nitrogens with zero attached hydrogens (tertiary/aromatic N) is 3. The maximum Gasteiger partial charge on any atom is 0.427 e. The van der Waals surface area contributed by atoms with Crippen molar-refractivity contribution in [3.8, 4) is 11.4 Å². The number of hydrogen-bond donors (Lipinski definition) is 0. The van der Waals surface area contributed by atoms with Gasteiger partial charge < -0.3 is 19.1 Å². The first-order chi connectivity index (χ1) is 17.7. The van der Waals surface area contributed by atoms with Crippen molar-refractivity contribution in [2.45, 2.75) is 37.6 Å². The Hall–Kier alpha value is -3.60. The van der Waals surface area contributed by atoms with Crippen molar-refractivity contribution in [2.75, 3.05) is 26.8 Å². The molecule has 1 aromatic heterocycles. The molecule has 1 aliphatic rings. The SMILES string of the molecule is COc1ccc(COC[C@@H](OC(=O)N2CCC(c3ccn(-c4ccc(F)cc4)n3)CC2)C(F)(F)F)cc1. The van der Waals surface area contributed by atoms with Gasteiger partial charge in [-0.1, -0.05) is 12.1 Å². The molecule has 7 nitrogen and oxygen atoms in total. The first kappa shape index (κ1) is 26.5. The van der Waals surface area contributed by atoms with Crippen LogP contribution in [0.15, 0.2) is 60.8 Å². The molecule has 37 heavy (non-hydrogen) atoms. The largest absolute Gasteiger partial charge is 0.497 e. The second kappa shape index (κ2) is 11.6. The number of alkyl halides is 3. The third-order valence-corrected chi connectivity index (χ3v) is 6.18. The van der Waals surface area contributed by atoms with Crippen LogP contribution in [0.5, 0.6) is 5.75 Å². The predicted molar refractivity (Wildman–Crippen MR) is 126 cm³/mol. The van der Waals surface area contributed by atoms with Gasteiger partial charge in [0.15, 0.2) is 0 Å². The van der Waals surface area contributed by atoms with Crippen molar-refractivity contribution in [2.24, 2.45) is 0 Å². The third-order valence-electron chi connectivity index (χ3n) is 6.18. The summed E-state index contributed by atoms with van der Waals surface area (Å²) >= 11 is 0. The standard InChI is InChI=1S/C26H27F4N3O4/c1-35-22-8-2-18(3-9-22)16-36-17-24(26(28,29)30)37-25(34)32-13-10-19(11-14-32)23-12-15-33(31-23)21-6-4-20(27)5-7-21/h2-9,12,15,19,24H,10-11,13-14,16-17H2,1H3/t24-/m1/s1. The van der Waals surface area contributed by atoms with Crippen LogP contribution in [-0.4, -0.2) is 59.9 Å². The Bertz CT molecular complexity index is 1160. The Morgan fingerprint density at radius 1 is 1.05 bits per heavy atom. The van der Waals surface area contributed by atoms with E-state index in [4.69, 9.17) is 14.2 Å². The van der Waals surface area contributed by atoms with Gasteiger partial charge in [0, 0.05) is 25.2 Å². The summed E-state index contributed by atoms with van der Waals surface area (Å²) in [5.74, 6) is 0.319. The highest BCUT2D eigenvalue weighted by molar-refractivity contribution is 5.68. The van der Waals surface area contributed by atoms with Gasteiger partial charge in [-0.05, 0) is 60.9 Å². The normalized spacial score (nSPS) is 15.4. The number of rotatable bonds is 8. The van der Waals surface area contributed by atoms with E-state index in [0.717, 1.165) is 5.69 Å². The van der Waals surface area contributed by atoms with E-state index in [0.29, 0.717) is 29.8 Å². The van der Waals surface area contributed by atoms with Crippen LogP contribution in [0.4, 0.5) is 22.4 Å². The molecular weight excluding hydrogens is 494 g/mol. The van der Waals surface area contributed by atoms with Gasteiger partial charge in [-0.15, -0.1) is 0 Å². The Balaban J connectivity index is 1.27. The summed E-state index contributed by atoms with van der Waals surface area (Å²) in [7, 11) is 1.51. The molecule has 0 N–H and O–H groups in total. The second-order valence-electron chi connectivity index (χ2n) is 8.70. The highest BCUT2D eigenvalue weighted by Gasteiger charge is 2.44. The summed E-state index contributed by atoms with van der Waals surface area (Å²) in [5, 5.41) is 4.54. The van der Waals surface area contributed by atoms with E-state index in [2.05, 4.69) is 5.10 Å². The molecule has 1 amide bonds. The molecule has 198 valence electrons. The number of hydrogen-bond acceptors (Lipinski definition) is 5. The van der Waals surface area contributed by atoms with E-state index in [1.165, 1.54) is 24.1 Å². The van der Waals surface area contributed by atoms with Crippen LogP contribution >= 0.6 is 0 Å². The number of methoxy groups -OCH3 is 1. The van der Waals surface area contributed by atoms with E-state index in [1.54, 1.807) is 47.3 Å². The zero-order chi connectivity index (χ0) is 26.4. The van der Waals surface area contributed by atoms with Gasteiger partial charge in [-0.3, -0.25) is 0 Å². The number of aromatic nitrogens is 2. The van der Waals surface area contributed by atoms with Crippen LogP contribution in [0.2, 0.25) is 0 Å². The fraction of sp³-hybridized carbons (Fsp3) is 0.385. The zero-order valence-electron chi connectivity index (χ0n) is 20.2. The van der Waals surface area contributed by atoms with Crippen molar-refractivity contribution in [1.82, 2.24) is 14.7 Å². The van der Waals surface area contributed by atoms with Crippen LogP contribution in [0.25, 0.3) is 5.69 Å². The Kier molecular flexibility index (Phi) is 8.32. The van der Waals surface area contributed by atoms with E-state index >= 15 is 0 Å². The third kappa shape index (κ3) is 7.00. The van der Waals surface area contributed by atoms with Gasteiger partial charge in [0.2, 0.25) is 6.10 Å². The number of carbonyl (C=O) groups excluding carboxylic acids is 1. The Morgan fingerprint density at radius 2 is 1.73 bits per heavy atom. The molecule has 0 unspecified atom stereocenters. The molecule has 0 bridgehead atoms. The second-order valence-corrected chi connectivity index (χ2v) is 8.70. The minimum atomic E-state index is -4.76. The number of benzene rings is 2. The van der Waals surface area contributed by atoms with Gasteiger partial charge in [-0.25, -0.2) is 13.9 Å². The Labute approximate surface area is 211 Å². The van der Waals surface area contributed by atoms with E-state index < -0.39 is 25.0 Å². The van der Waals surface area contributed by atoms with Crippen molar-refractivity contribution in [3.05, 3.63) is 77.9 Å². The quantitative estimate of drug-likeness (QED) is 0.367. The summed E-state index contributed by atoms with van der Waals surface area (Å²) in [4.78, 5) is 13.8. The fourth-order valence-corrected chi connectivity index (χ4v) is 4.05. The smallest absolute Gasteiger partial charge is 0.427 e. The average molecular weight is 522 g/mol. The van der Waals surface area contributed by atoms with Gasteiger partial charge in [0.25, 0.3) is 0 Å². The lowest BCUT2D eigenvalue weighted by Gasteiger charge is -2.32. The van der Waals surface area contributed by atoms with Crippen LogP contribution in [0.1, 0.15) is 30.0 Å². The summed E-state index contributed by atoms with van der Waals surface area (Å²) < 4.78 is 70.3. The molecule has 0 aliphatic carbocycles. The summed E-state index contributed by atoms with van der Waals surface area (Å²) in [6, 6.07) is 14.5. The minimum absolute atomic E-state index is 0.0389.